The van der Waals surface area contributed by atoms with Gasteiger partial charge in [-0.1, -0.05) is 6.07 Å². The van der Waals surface area contributed by atoms with Gasteiger partial charge in [0.1, 0.15) is 12.4 Å². The molecule has 0 aliphatic carbocycles. The molecule has 0 bridgehead atoms. The summed E-state index contributed by atoms with van der Waals surface area (Å²) in [6.07, 6.45) is 0.752. The Bertz CT molecular complexity index is 829. The molecule has 1 N–H and O–H groups in total. The summed E-state index contributed by atoms with van der Waals surface area (Å²) in [6, 6.07) is 9.19. The van der Waals surface area contributed by atoms with Crippen LogP contribution in [0.2, 0.25) is 0 Å². The first-order valence-corrected chi connectivity index (χ1v) is 10.1. The molecule has 6 nitrogen and oxygen atoms in total. The van der Waals surface area contributed by atoms with E-state index in [0.29, 0.717) is 12.1 Å². The van der Waals surface area contributed by atoms with Gasteiger partial charge in [0.25, 0.3) is 5.91 Å². The highest BCUT2D eigenvalue weighted by Crippen LogP contribution is 2.15. The van der Waals surface area contributed by atoms with Crippen molar-refractivity contribution in [2.45, 2.75) is 39.2 Å². The molecule has 1 heterocycles. The maximum atomic E-state index is 13.0. The second kappa shape index (κ2) is 10.2. The predicted molar refractivity (Wildman–Crippen MR) is 110 cm³/mol. The van der Waals surface area contributed by atoms with Crippen molar-refractivity contribution in [1.82, 2.24) is 4.90 Å². The number of hydrogen-bond donors (Lipinski definition) is 1. The number of nitrogens with one attached hydrogen (secondary N) is 1. The number of benzene rings is 1. The van der Waals surface area contributed by atoms with Crippen LogP contribution < -0.4 is 5.32 Å². The highest BCUT2D eigenvalue weighted by molar-refractivity contribution is 7.09. The molecule has 0 aliphatic rings. The van der Waals surface area contributed by atoms with Gasteiger partial charge >= 0.3 is 5.97 Å². The first-order valence-electron chi connectivity index (χ1n) is 9.19. The van der Waals surface area contributed by atoms with Crippen LogP contribution in [0.4, 0.5) is 10.1 Å². The molecule has 2 amide bonds. The Labute approximate surface area is 173 Å². The van der Waals surface area contributed by atoms with Crippen molar-refractivity contribution in [2.75, 3.05) is 18.5 Å². The summed E-state index contributed by atoms with van der Waals surface area (Å²) < 4.78 is 18.1. The number of esters is 1. The van der Waals surface area contributed by atoms with Gasteiger partial charge in [-0.05, 0) is 62.9 Å². The van der Waals surface area contributed by atoms with Gasteiger partial charge in [-0.3, -0.25) is 14.4 Å². The molecule has 2 aromatic rings. The minimum Gasteiger partial charge on any atom is -0.456 e. The minimum absolute atomic E-state index is 0.189. The molecule has 1 aromatic carbocycles. The number of thiophene rings is 1. The van der Waals surface area contributed by atoms with Crippen molar-refractivity contribution < 1.29 is 23.5 Å². The van der Waals surface area contributed by atoms with Crippen molar-refractivity contribution in [3.8, 4) is 0 Å². The lowest BCUT2D eigenvalue weighted by atomic mass is 10.1. The molecule has 0 atom stereocenters. The Morgan fingerprint density at radius 3 is 2.41 bits per heavy atom. The van der Waals surface area contributed by atoms with Crippen molar-refractivity contribution in [2.24, 2.45) is 0 Å². The van der Waals surface area contributed by atoms with Crippen LogP contribution in [0.1, 0.15) is 32.1 Å². The van der Waals surface area contributed by atoms with Crippen LogP contribution in [-0.4, -0.2) is 41.4 Å². The number of ether oxygens (including phenoxy) is 1. The summed E-state index contributed by atoms with van der Waals surface area (Å²) in [7, 11) is 0. The maximum absolute atomic E-state index is 13.0. The first kappa shape index (κ1) is 22.5. The van der Waals surface area contributed by atoms with Crippen LogP contribution in [0.15, 0.2) is 41.8 Å². The molecule has 156 valence electrons. The fourth-order valence-corrected chi connectivity index (χ4v) is 3.26. The second-order valence-electron chi connectivity index (χ2n) is 7.45. The van der Waals surface area contributed by atoms with E-state index in [0.717, 1.165) is 4.88 Å². The number of carbonyl (C=O) groups is 3. The van der Waals surface area contributed by atoms with Crippen LogP contribution >= 0.6 is 11.3 Å². The Hall–Kier alpha value is -2.74. The minimum atomic E-state index is -0.652. The molecule has 8 heteroatoms. The highest BCUT2D eigenvalue weighted by Gasteiger charge is 2.29. The Morgan fingerprint density at radius 1 is 1.14 bits per heavy atom. The van der Waals surface area contributed by atoms with Crippen molar-refractivity contribution in [1.29, 1.82) is 0 Å². The van der Waals surface area contributed by atoms with Crippen molar-refractivity contribution >= 4 is 34.8 Å². The quantitative estimate of drug-likeness (QED) is 0.662. The van der Waals surface area contributed by atoms with Crippen LogP contribution in [0.3, 0.4) is 0 Å². The van der Waals surface area contributed by atoms with E-state index in [1.807, 2.05) is 17.5 Å². The molecular formula is C21H25FN2O4S. The van der Waals surface area contributed by atoms with Gasteiger partial charge in [0.15, 0.2) is 6.61 Å². The number of hydrogen-bond acceptors (Lipinski definition) is 5. The van der Waals surface area contributed by atoms with E-state index in [1.54, 1.807) is 32.1 Å². The lowest BCUT2D eigenvalue weighted by molar-refractivity contribution is -0.154. The number of carbonyl (C=O) groups excluding carboxylic acids is 3. The molecule has 0 unspecified atom stereocenters. The fraction of sp³-hybridized carbons (Fsp3) is 0.381. The largest absolute Gasteiger partial charge is 0.456 e. The molecule has 2 rings (SSSR count). The lowest BCUT2D eigenvalue weighted by Gasteiger charge is -2.35. The monoisotopic (exact) mass is 420 g/mol. The number of nitrogens with zero attached hydrogens (tertiary/aromatic N) is 1. The fourth-order valence-electron chi connectivity index (χ4n) is 2.55. The average Bonchev–Trinajstić information content (AvgIpc) is 3.17. The molecule has 29 heavy (non-hydrogen) atoms. The van der Waals surface area contributed by atoms with Crippen molar-refractivity contribution in [3.63, 3.8) is 0 Å². The third-order valence-electron chi connectivity index (χ3n) is 4.05. The van der Waals surface area contributed by atoms with E-state index in [1.165, 1.54) is 29.2 Å². The number of rotatable bonds is 8. The SMILES string of the molecule is CC(C)(C)N(CC(=O)Nc1ccc(F)cc1)C(=O)COC(=O)CCc1cccs1. The Balaban J connectivity index is 1.87. The van der Waals surface area contributed by atoms with Gasteiger partial charge in [0, 0.05) is 16.1 Å². The van der Waals surface area contributed by atoms with E-state index in [9.17, 15) is 18.8 Å². The topological polar surface area (TPSA) is 75.7 Å². The summed E-state index contributed by atoms with van der Waals surface area (Å²) in [5.74, 6) is -1.76. The van der Waals surface area contributed by atoms with E-state index < -0.39 is 35.7 Å². The normalized spacial score (nSPS) is 11.0. The van der Waals surface area contributed by atoms with E-state index >= 15 is 0 Å². The highest BCUT2D eigenvalue weighted by atomic mass is 32.1. The van der Waals surface area contributed by atoms with Gasteiger partial charge in [-0.2, -0.15) is 0 Å². The van der Waals surface area contributed by atoms with Gasteiger partial charge in [-0.15, -0.1) is 11.3 Å². The van der Waals surface area contributed by atoms with E-state index in [4.69, 9.17) is 4.74 Å². The molecule has 1 aromatic heterocycles. The van der Waals surface area contributed by atoms with Crippen LogP contribution in [-0.2, 0) is 25.5 Å². The average molecular weight is 421 g/mol. The molecular weight excluding hydrogens is 395 g/mol. The lowest BCUT2D eigenvalue weighted by Crippen LogP contribution is -2.50. The van der Waals surface area contributed by atoms with Crippen molar-refractivity contribution in [3.05, 3.63) is 52.5 Å². The molecule has 0 fully saturated rings. The summed E-state index contributed by atoms with van der Waals surface area (Å²) in [5.41, 5.74) is -0.224. The van der Waals surface area contributed by atoms with E-state index in [2.05, 4.69) is 5.32 Å². The molecule has 0 aliphatic heterocycles. The Kier molecular flexibility index (Phi) is 7.90. The van der Waals surface area contributed by atoms with Gasteiger partial charge in [-0.25, -0.2) is 4.39 Å². The van der Waals surface area contributed by atoms with Gasteiger partial charge in [0.05, 0.1) is 6.42 Å². The number of anilines is 1. The first-order chi connectivity index (χ1) is 13.6. The Morgan fingerprint density at radius 2 is 1.83 bits per heavy atom. The number of halogens is 1. The molecule has 0 spiro atoms. The van der Waals surface area contributed by atoms with Crippen LogP contribution in [0.5, 0.6) is 0 Å². The van der Waals surface area contributed by atoms with Crippen LogP contribution in [0.25, 0.3) is 0 Å². The maximum Gasteiger partial charge on any atom is 0.306 e. The standard InChI is InChI=1S/C21H25FN2O4S/c1-21(2,3)24(13-18(25)23-16-8-6-15(22)7-9-16)19(26)14-28-20(27)11-10-17-5-4-12-29-17/h4-9,12H,10-11,13-14H2,1-3H3,(H,23,25). The summed E-state index contributed by atoms with van der Waals surface area (Å²) in [5, 5.41) is 4.55. The third kappa shape index (κ3) is 7.65. The number of amides is 2. The van der Waals surface area contributed by atoms with Crippen LogP contribution in [0, 0.1) is 5.82 Å². The summed E-state index contributed by atoms with van der Waals surface area (Å²) in [6.45, 7) is 4.72. The van der Waals surface area contributed by atoms with Gasteiger partial charge in [0.2, 0.25) is 5.91 Å². The molecule has 0 radical (unpaired) electrons. The zero-order valence-electron chi connectivity index (χ0n) is 16.7. The molecule has 0 saturated carbocycles. The van der Waals surface area contributed by atoms with Gasteiger partial charge < -0.3 is 15.0 Å². The zero-order chi connectivity index (χ0) is 21.4. The third-order valence-corrected chi connectivity index (χ3v) is 4.99. The molecule has 0 saturated heterocycles. The summed E-state index contributed by atoms with van der Waals surface area (Å²) >= 11 is 1.56. The zero-order valence-corrected chi connectivity index (χ0v) is 17.6. The predicted octanol–water partition coefficient (Wildman–Crippen LogP) is 3.63. The number of aryl methyl sites for hydroxylation is 1. The summed E-state index contributed by atoms with van der Waals surface area (Å²) in [4.78, 5) is 39.2. The van der Waals surface area contributed by atoms with E-state index in [-0.39, 0.29) is 13.0 Å². The second-order valence-corrected chi connectivity index (χ2v) is 8.48. The smallest absolute Gasteiger partial charge is 0.306 e.